The van der Waals surface area contributed by atoms with Crippen LogP contribution in [0.1, 0.15) is 135 Å². The van der Waals surface area contributed by atoms with Crippen LogP contribution in [0.4, 0.5) is 0 Å². The summed E-state index contributed by atoms with van der Waals surface area (Å²) in [5, 5.41) is 0. The van der Waals surface area contributed by atoms with E-state index in [1.807, 2.05) is 38.4 Å². The van der Waals surface area contributed by atoms with Crippen LogP contribution in [0.5, 0.6) is 5.75 Å². The van der Waals surface area contributed by atoms with Crippen molar-refractivity contribution >= 4 is 14.6 Å². The molecule has 7 nitrogen and oxygen atoms in total. The van der Waals surface area contributed by atoms with Crippen molar-refractivity contribution in [2.24, 2.45) is 0 Å². The van der Waals surface area contributed by atoms with Crippen LogP contribution in [0.25, 0.3) is 0 Å². The highest BCUT2D eigenvalue weighted by molar-refractivity contribution is 7.40. The van der Waals surface area contributed by atoms with Crippen molar-refractivity contribution in [3.8, 4) is 5.75 Å². The van der Waals surface area contributed by atoms with E-state index in [9.17, 15) is 9.69 Å². The maximum absolute atomic E-state index is 12.1. The number of hydrogen-bond acceptors (Lipinski definition) is 7. The van der Waals surface area contributed by atoms with Gasteiger partial charge < -0.3 is 28.3 Å². The van der Waals surface area contributed by atoms with Crippen molar-refractivity contribution < 1.29 is 28.2 Å². The molecule has 0 aliphatic carbocycles. The smallest absolute Gasteiger partial charge is 0.329 e. The Kier molecular flexibility index (Phi) is 26.1. The van der Waals surface area contributed by atoms with E-state index in [0.717, 1.165) is 30.7 Å². The lowest BCUT2D eigenvalue weighted by Crippen LogP contribution is -2.25. The van der Waals surface area contributed by atoms with E-state index in [2.05, 4.69) is 11.8 Å². The monoisotopic (exact) mass is 625 g/mol. The molecule has 43 heavy (non-hydrogen) atoms. The van der Waals surface area contributed by atoms with Gasteiger partial charge in [-0.3, -0.25) is 4.79 Å². The van der Waals surface area contributed by atoms with Gasteiger partial charge in [-0.1, -0.05) is 128 Å². The molecule has 250 valence electrons. The van der Waals surface area contributed by atoms with Crippen LogP contribution in [0.3, 0.4) is 0 Å². The number of unbranched alkanes of at least 4 members (excludes halogenated alkanes) is 15. The predicted molar refractivity (Wildman–Crippen MR) is 180 cm³/mol. The number of nitrogens with zero attached hydrogens (tertiary/aromatic N) is 1. The van der Waals surface area contributed by atoms with Crippen molar-refractivity contribution in [2.75, 3.05) is 40.5 Å². The molecule has 2 atom stereocenters. The third kappa shape index (κ3) is 23.8. The Morgan fingerprint density at radius 1 is 0.767 bits per heavy atom. The van der Waals surface area contributed by atoms with E-state index < -0.39 is 14.7 Å². The number of hydrogen-bond donors (Lipinski definition) is 1. The zero-order chi connectivity index (χ0) is 31.4. The van der Waals surface area contributed by atoms with Gasteiger partial charge >= 0.3 is 14.6 Å². The van der Waals surface area contributed by atoms with Gasteiger partial charge in [0.1, 0.15) is 11.9 Å². The van der Waals surface area contributed by atoms with Crippen LogP contribution in [0, 0.1) is 0 Å². The zero-order valence-corrected chi connectivity index (χ0v) is 28.9. The van der Waals surface area contributed by atoms with Gasteiger partial charge in [-0.25, -0.2) is 0 Å². The Labute approximate surface area is 265 Å². The topological polar surface area (TPSA) is 77.5 Å². The third-order valence-corrected chi connectivity index (χ3v) is 8.36. The minimum absolute atomic E-state index is 0.0646. The van der Waals surface area contributed by atoms with E-state index in [4.69, 9.17) is 18.5 Å². The second-order valence-corrected chi connectivity index (χ2v) is 12.9. The zero-order valence-electron chi connectivity index (χ0n) is 28.0. The van der Waals surface area contributed by atoms with Crippen LogP contribution < -0.4 is 4.74 Å². The maximum atomic E-state index is 12.1. The standard InChI is InChI=1S/C35H64NO6P/c1-5-7-8-9-10-11-12-13-14-15-16-17-18-19-20-23-28-39-34-26-22-21-25-32(34)30-33(42-35(37)6-2)31-41-43(38)40-29-24-27-36(3)4/h21-22,25-26,33,38H,5-20,23-24,27-31H2,1-4H3. The first kappa shape index (κ1) is 39.8. The molecule has 1 rings (SSSR count). The molecule has 0 fully saturated rings. The second kappa shape index (κ2) is 28.2. The predicted octanol–water partition coefficient (Wildman–Crippen LogP) is 9.40. The molecule has 0 aliphatic heterocycles. The van der Waals surface area contributed by atoms with E-state index >= 15 is 0 Å². The quantitative estimate of drug-likeness (QED) is 0.0518. The number of carbonyl (C=O) groups is 1. The number of para-hydroxylation sites is 1. The molecule has 2 unspecified atom stereocenters. The van der Waals surface area contributed by atoms with Crippen LogP contribution >= 0.6 is 8.60 Å². The number of esters is 1. The van der Waals surface area contributed by atoms with Gasteiger partial charge in [0.05, 0.1) is 19.8 Å². The normalized spacial score (nSPS) is 12.9. The average molecular weight is 626 g/mol. The highest BCUT2D eigenvalue weighted by Crippen LogP contribution is 2.33. The summed E-state index contributed by atoms with van der Waals surface area (Å²) in [6.45, 7) is 6.07. The molecule has 0 aliphatic rings. The summed E-state index contributed by atoms with van der Waals surface area (Å²) in [4.78, 5) is 24.3. The van der Waals surface area contributed by atoms with Gasteiger partial charge in [0.25, 0.3) is 0 Å². The molecule has 0 bridgehead atoms. The molecular formula is C35H64NO6P. The van der Waals surface area contributed by atoms with Gasteiger partial charge in [-0.05, 0) is 45.1 Å². The third-order valence-electron chi connectivity index (χ3n) is 7.58. The largest absolute Gasteiger partial charge is 0.493 e. The molecule has 8 heteroatoms. The Morgan fingerprint density at radius 3 is 1.88 bits per heavy atom. The van der Waals surface area contributed by atoms with Crippen LogP contribution in [-0.2, 0) is 25.0 Å². The molecule has 0 saturated heterocycles. The van der Waals surface area contributed by atoms with Crippen molar-refractivity contribution in [3.05, 3.63) is 29.8 Å². The van der Waals surface area contributed by atoms with Crippen molar-refractivity contribution in [1.82, 2.24) is 4.90 Å². The van der Waals surface area contributed by atoms with E-state index in [0.29, 0.717) is 19.6 Å². The molecule has 1 aromatic rings. The number of carbonyl (C=O) groups excluding carboxylic acids is 1. The molecule has 0 spiro atoms. The van der Waals surface area contributed by atoms with Crippen LogP contribution in [0.15, 0.2) is 24.3 Å². The Balaban J connectivity index is 2.24. The van der Waals surface area contributed by atoms with E-state index in [-0.39, 0.29) is 19.0 Å². The van der Waals surface area contributed by atoms with Crippen LogP contribution in [0.2, 0.25) is 0 Å². The molecule has 1 N–H and O–H groups in total. The van der Waals surface area contributed by atoms with Crippen LogP contribution in [-0.4, -0.2) is 62.3 Å². The molecular weight excluding hydrogens is 561 g/mol. The fraction of sp³-hybridized carbons (Fsp3) is 0.800. The molecule has 0 aromatic heterocycles. The Morgan fingerprint density at radius 2 is 1.33 bits per heavy atom. The lowest BCUT2D eigenvalue weighted by atomic mass is 10.0. The van der Waals surface area contributed by atoms with Crippen molar-refractivity contribution in [1.29, 1.82) is 0 Å². The number of rotatable bonds is 30. The Hall–Kier alpha value is -1.24. The van der Waals surface area contributed by atoms with Gasteiger partial charge in [0, 0.05) is 12.8 Å². The minimum Gasteiger partial charge on any atom is -0.493 e. The second-order valence-electron chi connectivity index (χ2n) is 12.0. The fourth-order valence-electron chi connectivity index (χ4n) is 5.00. The average Bonchev–Trinajstić information content (AvgIpc) is 3.00. The van der Waals surface area contributed by atoms with Gasteiger partial charge in [-0.2, -0.15) is 0 Å². The highest BCUT2D eigenvalue weighted by Gasteiger charge is 2.20. The van der Waals surface area contributed by atoms with Crippen molar-refractivity contribution in [3.63, 3.8) is 0 Å². The first-order chi connectivity index (χ1) is 21.0. The first-order valence-corrected chi connectivity index (χ1v) is 18.4. The highest BCUT2D eigenvalue weighted by atomic mass is 31.2. The van der Waals surface area contributed by atoms with Gasteiger partial charge in [0.15, 0.2) is 0 Å². The van der Waals surface area contributed by atoms with Crippen molar-refractivity contribution in [2.45, 2.75) is 142 Å². The number of ether oxygens (including phenoxy) is 2. The first-order valence-electron chi connectivity index (χ1n) is 17.3. The maximum Gasteiger partial charge on any atom is 0.329 e. The summed E-state index contributed by atoms with van der Waals surface area (Å²) in [6.07, 6.45) is 22.6. The molecule has 0 heterocycles. The summed E-state index contributed by atoms with van der Waals surface area (Å²) in [6, 6.07) is 7.89. The number of benzene rings is 1. The summed E-state index contributed by atoms with van der Waals surface area (Å²) in [7, 11) is 1.96. The van der Waals surface area contributed by atoms with E-state index in [1.165, 1.54) is 96.3 Å². The Bertz CT molecular complexity index is 780. The summed E-state index contributed by atoms with van der Waals surface area (Å²) >= 11 is 0. The van der Waals surface area contributed by atoms with Gasteiger partial charge in [0.2, 0.25) is 0 Å². The van der Waals surface area contributed by atoms with E-state index in [1.54, 1.807) is 6.92 Å². The summed E-state index contributed by atoms with van der Waals surface area (Å²) in [5.74, 6) is 0.515. The summed E-state index contributed by atoms with van der Waals surface area (Å²) < 4.78 is 22.7. The summed E-state index contributed by atoms with van der Waals surface area (Å²) in [5.41, 5.74) is 0.964. The minimum atomic E-state index is -2.02. The lowest BCUT2D eigenvalue weighted by molar-refractivity contribution is -0.150. The molecule has 0 radical (unpaired) electrons. The fourth-order valence-corrected chi connectivity index (χ4v) is 5.66. The molecule has 1 aromatic carbocycles. The SMILES string of the molecule is CCCCCCCCCCCCCCCCCCOc1ccccc1CC(COP(O)OCCCN(C)C)OC(=O)CC. The van der Waals surface area contributed by atoms with Gasteiger partial charge in [-0.15, -0.1) is 0 Å². The molecule has 0 saturated carbocycles. The lowest BCUT2D eigenvalue weighted by Gasteiger charge is -2.21. The molecule has 0 amide bonds.